The third-order valence-corrected chi connectivity index (χ3v) is 6.39. The van der Waals surface area contributed by atoms with E-state index in [-0.39, 0.29) is 11.9 Å². The Kier molecular flexibility index (Phi) is 5.62. The molecular formula is C21H22ClN5O2S. The number of thioether (sulfide) groups is 1. The zero-order valence-corrected chi connectivity index (χ0v) is 18.6. The van der Waals surface area contributed by atoms with Gasteiger partial charge in [-0.25, -0.2) is 4.68 Å². The Hall–Kier alpha value is -2.71. The van der Waals surface area contributed by atoms with Gasteiger partial charge in [-0.1, -0.05) is 35.5 Å². The fourth-order valence-corrected chi connectivity index (χ4v) is 4.94. The van der Waals surface area contributed by atoms with Crippen molar-refractivity contribution in [3.63, 3.8) is 0 Å². The van der Waals surface area contributed by atoms with Crippen LogP contribution >= 0.6 is 23.4 Å². The molecule has 9 heteroatoms. The number of anilines is 1. The van der Waals surface area contributed by atoms with Gasteiger partial charge in [0, 0.05) is 5.69 Å². The number of nitrogens with zero attached hydrogens (tertiary/aromatic N) is 3. The van der Waals surface area contributed by atoms with Crippen LogP contribution in [0.2, 0.25) is 5.02 Å². The molecule has 3 aromatic rings. The van der Waals surface area contributed by atoms with Crippen LogP contribution in [0.5, 0.6) is 5.75 Å². The molecule has 0 spiro atoms. The van der Waals surface area contributed by atoms with Crippen molar-refractivity contribution >= 4 is 35.0 Å². The van der Waals surface area contributed by atoms with Gasteiger partial charge in [0.05, 0.1) is 18.2 Å². The van der Waals surface area contributed by atoms with E-state index in [0.717, 1.165) is 28.2 Å². The SMILES string of the molecule is COc1ccc(C2Nn3c(C)nnc3SC2C(=O)Nc2cc(C)cc(C)c2)cc1Cl. The van der Waals surface area contributed by atoms with E-state index in [4.69, 9.17) is 16.3 Å². The highest BCUT2D eigenvalue weighted by molar-refractivity contribution is 8.00. The van der Waals surface area contributed by atoms with Gasteiger partial charge in [0.25, 0.3) is 0 Å². The highest BCUT2D eigenvalue weighted by Crippen LogP contribution is 2.39. The van der Waals surface area contributed by atoms with Crippen molar-refractivity contribution in [1.82, 2.24) is 14.9 Å². The highest BCUT2D eigenvalue weighted by atomic mass is 35.5. The molecule has 4 rings (SSSR count). The topological polar surface area (TPSA) is 81.1 Å². The first-order chi connectivity index (χ1) is 14.4. The minimum Gasteiger partial charge on any atom is -0.495 e. The third-order valence-electron chi connectivity index (χ3n) is 4.88. The van der Waals surface area contributed by atoms with Gasteiger partial charge in [-0.2, -0.15) is 0 Å². The molecule has 1 aromatic heterocycles. The average molecular weight is 444 g/mol. The number of aryl methyl sites for hydroxylation is 3. The Morgan fingerprint density at radius 1 is 1.17 bits per heavy atom. The maximum atomic E-state index is 13.3. The zero-order valence-electron chi connectivity index (χ0n) is 17.1. The van der Waals surface area contributed by atoms with Crippen molar-refractivity contribution in [2.75, 3.05) is 17.9 Å². The van der Waals surface area contributed by atoms with E-state index in [1.165, 1.54) is 11.8 Å². The number of halogens is 1. The van der Waals surface area contributed by atoms with Gasteiger partial charge in [0.2, 0.25) is 11.1 Å². The van der Waals surface area contributed by atoms with Gasteiger partial charge in [0.15, 0.2) is 0 Å². The van der Waals surface area contributed by atoms with Crippen LogP contribution < -0.4 is 15.5 Å². The summed E-state index contributed by atoms with van der Waals surface area (Å²) in [5, 5.41) is 12.0. The van der Waals surface area contributed by atoms with E-state index in [0.29, 0.717) is 15.9 Å². The average Bonchev–Trinajstić information content (AvgIpc) is 3.06. The van der Waals surface area contributed by atoms with Gasteiger partial charge < -0.3 is 15.5 Å². The maximum absolute atomic E-state index is 13.3. The normalized spacial score (nSPS) is 17.8. The van der Waals surface area contributed by atoms with E-state index < -0.39 is 5.25 Å². The number of rotatable bonds is 4. The predicted octanol–water partition coefficient (Wildman–Crippen LogP) is 4.26. The van der Waals surface area contributed by atoms with Crippen molar-refractivity contribution < 1.29 is 9.53 Å². The Morgan fingerprint density at radius 2 is 1.90 bits per heavy atom. The van der Waals surface area contributed by atoms with E-state index in [1.54, 1.807) is 17.9 Å². The molecule has 156 valence electrons. The number of amides is 1. The summed E-state index contributed by atoms with van der Waals surface area (Å²) in [7, 11) is 1.57. The molecule has 1 aliphatic heterocycles. The van der Waals surface area contributed by atoms with Crippen molar-refractivity contribution in [1.29, 1.82) is 0 Å². The molecule has 2 aromatic carbocycles. The van der Waals surface area contributed by atoms with Crippen LogP contribution in [0.15, 0.2) is 41.6 Å². The molecule has 7 nitrogen and oxygen atoms in total. The lowest BCUT2D eigenvalue weighted by Crippen LogP contribution is -2.41. The van der Waals surface area contributed by atoms with Crippen molar-refractivity contribution in [2.24, 2.45) is 0 Å². The second kappa shape index (κ2) is 8.20. The lowest BCUT2D eigenvalue weighted by Gasteiger charge is -2.33. The molecule has 0 fully saturated rings. The van der Waals surface area contributed by atoms with Crippen molar-refractivity contribution in [2.45, 2.75) is 37.2 Å². The smallest absolute Gasteiger partial charge is 0.240 e. The number of carbonyl (C=O) groups excluding carboxylic acids is 1. The number of hydrogen-bond donors (Lipinski definition) is 2. The molecule has 2 atom stereocenters. The van der Waals surface area contributed by atoms with E-state index >= 15 is 0 Å². The first kappa shape index (κ1) is 20.6. The number of hydrogen-bond acceptors (Lipinski definition) is 6. The van der Waals surface area contributed by atoms with Gasteiger partial charge in [-0.3, -0.25) is 4.79 Å². The first-order valence-corrected chi connectivity index (χ1v) is 10.7. The maximum Gasteiger partial charge on any atom is 0.240 e. The number of benzene rings is 2. The van der Waals surface area contributed by atoms with Gasteiger partial charge in [0.1, 0.15) is 16.8 Å². The van der Waals surface area contributed by atoms with Gasteiger partial charge in [-0.15, -0.1) is 10.2 Å². The fourth-order valence-electron chi connectivity index (χ4n) is 3.55. The van der Waals surface area contributed by atoms with Crippen LogP contribution in [0.4, 0.5) is 5.69 Å². The van der Waals surface area contributed by atoms with Crippen LogP contribution in [0.3, 0.4) is 0 Å². The molecule has 0 bridgehead atoms. The summed E-state index contributed by atoms with van der Waals surface area (Å²) in [5.41, 5.74) is 7.20. The number of ether oxygens (including phenoxy) is 1. The number of aromatic nitrogens is 3. The standard InChI is InChI=1S/C21H22ClN5O2S/c1-11-7-12(2)9-15(8-11)23-20(28)19-18(14-5-6-17(29-4)16(22)10-14)26-27-13(3)24-25-21(27)30-19/h5-10,18-19,26H,1-4H3,(H,23,28). The molecule has 2 heterocycles. The summed E-state index contributed by atoms with van der Waals surface area (Å²) in [4.78, 5) is 13.3. The second-order valence-corrected chi connectivity index (χ2v) is 8.79. The molecule has 0 saturated heterocycles. The fraction of sp³-hybridized carbons (Fsp3) is 0.286. The first-order valence-electron chi connectivity index (χ1n) is 9.43. The van der Waals surface area contributed by atoms with Gasteiger partial charge in [-0.05, 0) is 61.7 Å². The molecule has 0 radical (unpaired) electrons. The molecule has 0 saturated carbocycles. The Balaban J connectivity index is 1.69. The lowest BCUT2D eigenvalue weighted by molar-refractivity contribution is -0.116. The molecule has 1 aliphatic rings. The van der Waals surface area contributed by atoms with E-state index in [9.17, 15) is 4.79 Å². The summed E-state index contributed by atoms with van der Waals surface area (Å²) in [5.74, 6) is 1.18. The van der Waals surface area contributed by atoms with E-state index in [1.807, 2.05) is 45.0 Å². The lowest BCUT2D eigenvalue weighted by atomic mass is 10.0. The summed E-state index contributed by atoms with van der Waals surface area (Å²) >= 11 is 7.73. The molecule has 0 aliphatic carbocycles. The minimum atomic E-state index is -0.480. The third kappa shape index (κ3) is 3.97. The molecule has 2 N–H and O–H groups in total. The number of nitrogens with one attached hydrogen (secondary N) is 2. The molecule has 30 heavy (non-hydrogen) atoms. The van der Waals surface area contributed by atoms with Crippen LogP contribution in [0.1, 0.15) is 28.6 Å². The minimum absolute atomic E-state index is 0.124. The molecular weight excluding hydrogens is 422 g/mol. The van der Waals surface area contributed by atoms with Crippen molar-refractivity contribution in [3.05, 3.63) is 63.9 Å². The van der Waals surface area contributed by atoms with Crippen LogP contribution in [0, 0.1) is 20.8 Å². The highest BCUT2D eigenvalue weighted by Gasteiger charge is 2.37. The van der Waals surface area contributed by atoms with Gasteiger partial charge >= 0.3 is 0 Å². The Labute approximate surface area is 184 Å². The predicted molar refractivity (Wildman–Crippen MR) is 119 cm³/mol. The van der Waals surface area contributed by atoms with E-state index in [2.05, 4.69) is 27.0 Å². The van der Waals surface area contributed by atoms with Crippen LogP contribution in [-0.4, -0.2) is 33.1 Å². The quantitative estimate of drug-likeness (QED) is 0.627. The summed E-state index contributed by atoms with van der Waals surface area (Å²) in [6, 6.07) is 11.2. The number of carbonyl (C=O) groups is 1. The Morgan fingerprint density at radius 3 is 2.57 bits per heavy atom. The zero-order chi connectivity index (χ0) is 21.4. The Bertz CT molecular complexity index is 1100. The van der Waals surface area contributed by atoms with Crippen molar-refractivity contribution in [3.8, 4) is 5.75 Å². The monoisotopic (exact) mass is 443 g/mol. The van der Waals surface area contributed by atoms with Crippen LogP contribution in [0.25, 0.3) is 0 Å². The largest absolute Gasteiger partial charge is 0.495 e. The summed E-state index contributed by atoms with van der Waals surface area (Å²) in [6.07, 6.45) is 0. The number of methoxy groups -OCH3 is 1. The van der Waals surface area contributed by atoms with Crippen LogP contribution in [-0.2, 0) is 4.79 Å². The molecule has 2 unspecified atom stereocenters. The summed E-state index contributed by atoms with van der Waals surface area (Å²) in [6.45, 7) is 5.87. The summed E-state index contributed by atoms with van der Waals surface area (Å²) < 4.78 is 7.06. The molecule has 1 amide bonds. The number of fused-ring (bicyclic) bond motifs is 1. The second-order valence-electron chi connectivity index (χ2n) is 7.27.